The number of carbonyl (C=O) groups excluding carboxylic acids is 2. The molecule has 0 spiro atoms. The Hall–Kier alpha value is -3.12. The monoisotopic (exact) mass is 486 g/mol. The third-order valence-electron chi connectivity index (χ3n) is 8.06. The average Bonchev–Trinajstić information content (AvgIpc) is 3.26. The predicted molar refractivity (Wildman–Crippen MR) is 144 cm³/mol. The summed E-state index contributed by atoms with van der Waals surface area (Å²) < 4.78 is 0. The zero-order valence-electron chi connectivity index (χ0n) is 22.0. The molecule has 36 heavy (non-hydrogen) atoms. The number of aromatic nitrogens is 1. The van der Waals surface area contributed by atoms with Crippen molar-refractivity contribution in [2.75, 3.05) is 32.7 Å². The van der Waals surface area contributed by atoms with Gasteiger partial charge in [-0.25, -0.2) is 0 Å². The van der Waals surface area contributed by atoms with Gasteiger partial charge in [-0.05, 0) is 54.7 Å². The number of piperazine rings is 1. The standard InChI is InChI=1S/C30H38N4O2/c1-5-32(6-2)16-9-17-33-19-27(35)34-26(30(33)36)18-24-23-10-7-8-11-25(23)31-28(24)29(34)22-14-12-21(13-15-22)20(3)4/h7-8,10-15,20,26,29,31H,5-6,9,16-19H2,1-4H3/t26-,29-/m0/s1. The third kappa shape index (κ3) is 4.32. The van der Waals surface area contributed by atoms with Crippen LogP contribution in [0, 0.1) is 0 Å². The van der Waals surface area contributed by atoms with Crippen molar-refractivity contribution in [2.45, 2.75) is 58.5 Å². The fourth-order valence-corrected chi connectivity index (χ4v) is 5.95. The second-order valence-electron chi connectivity index (χ2n) is 10.4. The third-order valence-corrected chi connectivity index (χ3v) is 8.06. The van der Waals surface area contributed by atoms with Gasteiger partial charge >= 0.3 is 0 Å². The van der Waals surface area contributed by atoms with Crippen LogP contribution in [0.25, 0.3) is 10.9 Å². The van der Waals surface area contributed by atoms with E-state index in [1.807, 2.05) is 17.0 Å². The lowest BCUT2D eigenvalue weighted by Crippen LogP contribution is -2.63. The van der Waals surface area contributed by atoms with Crippen molar-refractivity contribution in [1.29, 1.82) is 0 Å². The molecule has 2 amide bonds. The van der Waals surface area contributed by atoms with Gasteiger partial charge in [-0.2, -0.15) is 0 Å². The summed E-state index contributed by atoms with van der Waals surface area (Å²) in [6.07, 6.45) is 1.43. The smallest absolute Gasteiger partial charge is 0.246 e. The Bertz CT molecular complexity index is 1240. The highest BCUT2D eigenvalue weighted by Crippen LogP contribution is 2.42. The molecule has 6 nitrogen and oxygen atoms in total. The van der Waals surface area contributed by atoms with E-state index in [-0.39, 0.29) is 24.4 Å². The van der Waals surface area contributed by atoms with Crippen LogP contribution in [0.2, 0.25) is 0 Å². The number of hydrogen-bond donors (Lipinski definition) is 1. The van der Waals surface area contributed by atoms with Crippen molar-refractivity contribution in [3.63, 3.8) is 0 Å². The molecule has 5 rings (SSSR count). The summed E-state index contributed by atoms with van der Waals surface area (Å²) in [5.41, 5.74) is 5.58. The van der Waals surface area contributed by atoms with E-state index >= 15 is 0 Å². The van der Waals surface area contributed by atoms with E-state index in [0.717, 1.165) is 53.8 Å². The number of nitrogens with zero attached hydrogens (tertiary/aromatic N) is 3. The Morgan fingerprint density at radius 2 is 1.75 bits per heavy atom. The molecule has 2 atom stereocenters. The summed E-state index contributed by atoms with van der Waals surface area (Å²) in [5.74, 6) is 0.545. The largest absolute Gasteiger partial charge is 0.356 e. The van der Waals surface area contributed by atoms with E-state index in [1.54, 1.807) is 4.90 Å². The molecular weight excluding hydrogens is 448 g/mol. The molecule has 2 aromatic carbocycles. The van der Waals surface area contributed by atoms with Crippen LogP contribution < -0.4 is 0 Å². The SMILES string of the molecule is CCN(CC)CCCN1CC(=O)N2[C@@H](c3ccc(C(C)C)cc3)c3[nH]c4ccccc4c3C[C@H]2C1=O. The molecule has 0 bridgehead atoms. The Labute approximate surface area is 214 Å². The number of nitrogens with one attached hydrogen (secondary N) is 1. The predicted octanol–water partition coefficient (Wildman–Crippen LogP) is 4.71. The Morgan fingerprint density at radius 3 is 2.44 bits per heavy atom. The van der Waals surface area contributed by atoms with Crippen LogP contribution >= 0.6 is 0 Å². The van der Waals surface area contributed by atoms with Gasteiger partial charge in [0.1, 0.15) is 6.04 Å². The van der Waals surface area contributed by atoms with Gasteiger partial charge in [0, 0.05) is 29.6 Å². The summed E-state index contributed by atoms with van der Waals surface area (Å²) in [7, 11) is 0. The second kappa shape index (κ2) is 10.1. The molecule has 1 aromatic heterocycles. The first-order chi connectivity index (χ1) is 17.4. The number of H-pyrrole nitrogens is 1. The van der Waals surface area contributed by atoms with Crippen LogP contribution in [0.4, 0.5) is 0 Å². The summed E-state index contributed by atoms with van der Waals surface area (Å²) in [4.78, 5) is 37.1. The molecule has 1 N–H and O–H groups in total. The molecule has 1 fully saturated rings. The lowest BCUT2D eigenvalue weighted by molar-refractivity contribution is -0.158. The van der Waals surface area contributed by atoms with Gasteiger partial charge in [0.05, 0.1) is 12.6 Å². The summed E-state index contributed by atoms with van der Waals surface area (Å²) >= 11 is 0. The number of fused-ring (bicyclic) bond motifs is 4. The minimum absolute atomic E-state index is 0.0321. The average molecular weight is 487 g/mol. The quantitative estimate of drug-likeness (QED) is 0.502. The lowest BCUT2D eigenvalue weighted by atomic mass is 9.85. The number of benzene rings is 2. The molecule has 0 aliphatic carbocycles. The number of hydrogen-bond acceptors (Lipinski definition) is 3. The normalized spacial score (nSPS) is 19.9. The molecule has 2 aliphatic rings. The fourth-order valence-electron chi connectivity index (χ4n) is 5.95. The molecule has 0 saturated carbocycles. The van der Waals surface area contributed by atoms with Gasteiger partial charge in [0.2, 0.25) is 11.8 Å². The van der Waals surface area contributed by atoms with Gasteiger partial charge in [-0.15, -0.1) is 0 Å². The van der Waals surface area contributed by atoms with Crippen LogP contribution in [0.1, 0.15) is 68.5 Å². The Morgan fingerprint density at radius 1 is 1.03 bits per heavy atom. The van der Waals surface area contributed by atoms with E-state index < -0.39 is 6.04 Å². The molecular formula is C30H38N4O2. The van der Waals surface area contributed by atoms with Crippen molar-refractivity contribution in [3.8, 4) is 0 Å². The van der Waals surface area contributed by atoms with E-state index in [0.29, 0.717) is 18.9 Å². The van der Waals surface area contributed by atoms with Gasteiger partial charge in [-0.3, -0.25) is 9.59 Å². The molecule has 3 aromatic rings. The summed E-state index contributed by atoms with van der Waals surface area (Å²) in [6.45, 7) is 12.4. The molecule has 6 heteroatoms. The minimum Gasteiger partial charge on any atom is -0.356 e. The van der Waals surface area contributed by atoms with Gasteiger partial charge in [0.15, 0.2) is 0 Å². The Balaban J connectivity index is 1.51. The summed E-state index contributed by atoms with van der Waals surface area (Å²) in [6, 6.07) is 16.1. The van der Waals surface area contributed by atoms with Crippen LogP contribution in [0.3, 0.4) is 0 Å². The van der Waals surface area contributed by atoms with Crippen LogP contribution in [-0.4, -0.2) is 70.3 Å². The molecule has 2 aliphatic heterocycles. The van der Waals surface area contributed by atoms with Crippen molar-refractivity contribution in [1.82, 2.24) is 19.7 Å². The minimum atomic E-state index is -0.471. The maximum absolute atomic E-state index is 13.8. The molecule has 0 unspecified atom stereocenters. The first-order valence-electron chi connectivity index (χ1n) is 13.4. The first kappa shape index (κ1) is 24.6. The lowest BCUT2D eigenvalue weighted by Gasteiger charge is -2.47. The van der Waals surface area contributed by atoms with Crippen molar-refractivity contribution >= 4 is 22.7 Å². The van der Waals surface area contributed by atoms with Gasteiger partial charge in [0.25, 0.3) is 0 Å². The van der Waals surface area contributed by atoms with Crippen LogP contribution in [0.5, 0.6) is 0 Å². The Kier molecular flexibility index (Phi) is 6.89. The molecule has 1 saturated heterocycles. The van der Waals surface area contributed by atoms with Crippen molar-refractivity contribution in [3.05, 3.63) is 70.9 Å². The van der Waals surface area contributed by atoms with Crippen LogP contribution in [0.15, 0.2) is 48.5 Å². The first-order valence-corrected chi connectivity index (χ1v) is 13.4. The maximum atomic E-state index is 13.8. The fraction of sp³-hybridized carbons (Fsp3) is 0.467. The number of aromatic amines is 1. The van der Waals surface area contributed by atoms with E-state index in [1.165, 1.54) is 5.56 Å². The summed E-state index contributed by atoms with van der Waals surface area (Å²) in [5, 5.41) is 1.15. The van der Waals surface area contributed by atoms with E-state index in [4.69, 9.17) is 0 Å². The van der Waals surface area contributed by atoms with E-state index in [9.17, 15) is 9.59 Å². The van der Waals surface area contributed by atoms with Crippen molar-refractivity contribution < 1.29 is 9.59 Å². The zero-order chi connectivity index (χ0) is 25.4. The van der Waals surface area contributed by atoms with Crippen LogP contribution in [-0.2, 0) is 16.0 Å². The highest BCUT2D eigenvalue weighted by molar-refractivity contribution is 5.97. The highest BCUT2D eigenvalue weighted by Gasteiger charge is 2.48. The van der Waals surface area contributed by atoms with Gasteiger partial charge in [-0.1, -0.05) is 70.2 Å². The zero-order valence-corrected chi connectivity index (χ0v) is 22.0. The molecule has 0 radical (unpaired) electrons. The second-order valence-corrected chi connectivity index (χ2v) is 10.4. The number of amides is 2. The number of para-hydroxylation sites is 1. The van der Waals surface area contributed by atoms with Gasteiger partial charge < -0.3 is 19.7 Å². The topological polar surface area (TPSA) is 59.6 Å². The molecule has 3 heterocycles. The van der Waals surface area contributed by atoms with Crippen molar-refractivity contribution in [2.24, 2.45) is 0 Å². The highest BCUT2D eigenvalue weighted by atomic mass is 16.2. The molecule has 190 valence electrons. The number of rotatable bonds is 8. The maximum Gasteiger partial charge on any atom is 0.246 e. The number of carbonyl (C=O) groups is 2. The van der Waals surface area contributed by atoms with E-state index in [2.05, 4.69) is 74.0 Å².